The van der Waals surface area contributed by atoms with E-state index in [2.05, 4.69) is 5.43 Å². The summed E-state index contributed by atoms with van der Waals surface area (Å²) < 4.78 is 13.3. The number of nitrogens with one attached hydrogen (secondary N) is 1. The van der Waals surface area contributed by atoms with Crippen LogP contribution in [0.4, 0.5) is 4.39 Å². The van der Waals surface area contributed by atoms with Crippen molar-refractivity contribution >= 4 is 23.2 Å². The highest BCUT2D eigenvalue weighted by Gasteiger charge is 2.14. The van der Waals surface area contributed by atoms with E-state index >= 15 is 0 Å². The Kier molecular flexibility index (Phi) is 5.00. The molecule has 106 valence electrons. The standard InChI is InChI=1S/C15H15Cl2FN2/c1-9-6-10(2-5-14(9)18)15(20-19)8-11-7-12(16)3-4-13(11)17/h2-7,15,20H,8,19H2,1H3. The molecule has 0 spiro atoms. The van der Waals surface area contributed by atoms with Crippen molar-refractivity contribution in [3.63, 3.8) is 0 Å². The van der Waals surface area contributed by atoms with Gasteiger partial charge in [-0.25, -0.2) is 4.39 Å². The van der Waals surface area contributed by atoms with E-state index in [4.69, 9.17) is 29.0 Å². The van der Waals surface area contributed by atoms with E-state index in [1.807, 2.05) is 6.07 Å². The van der Waals surface area contributed by atoms with Gasteiger partial charge in [0.2, 0.25) is 0 Å². The third-order valence-electron chi connectivity index (χ3n) is 3.22. The van der Waals surface area contributed by atoms with E-state index in [1.54, 1.807) is 31.2 Å². The van der Waals surface area contributed by atoms with Crippen LogP contribution in [0.3, 0.4) is 0 Å². The van der Waals surface area contributed by atoms with E-state index < -0.39 is 0 Å². The Labute approximate surface area is 127 Å². The van der Waals surface area contributed by atoms with E-state index in [9.17, 15) is 4.39 Å². The summed E-state index contributed by atoms with van der Waals surface area (Å²) in [4.78, 5) is 0. The van der Waals surface area contributed by atoms with Crippen LogP contribution in [0, 0.1) is 12.7 Å². The van der Waals surface area contributed by atoms with E-state index in [0.29, 0.717) is 22.0 Å². The van der Waals surface area contributed by atoms with Crippen LogP contribution >= 0.6 is 23.2 Å². The van der Waals surface area contributed by atoms with Gasteiger partial charge in [0.15, 0.2) is 0 Å². The van der Waals surface area contributed by atoms with Crippen molar-refractivity contribution in [2.24, 2.45) is 5.84 Å². The molecule has 0 aliphatic carbocycles. The maximum absolute atomic E-state index is 13.3. The molecule has 1 unspecified atom stereocenters. The minimum absolute atomic E-state index is 0.162. The molecule has 0 aromatic heterocycles. The highest BCUT2D eigenvalue weighted by Crippen LogP contribution is 2.26. The molecular weight excluding hydrogens is 298 g/mol. The van der Waals surface area contributed by atoms with Gasteiger partial charge in [-0.3, -0.25) is 11.3 Å². The fourth-order valence-corrected chi connectivity index (χ4v) is 2.47. The second-order valence-corrected chi connectivity index (χ2v) is 5.51. The molecule has 2 aromatic rings. The summed E-state index contributed by atoms with van der Waals surface area (Å²) in [7, 11) is 0. The molecule has 0 heterocycles. The molecule has 20 heavy (non-hydrogen) atoms. The number of nitrogens with two attached hydrogens (primary N) is 1. The zero-order valence-corrected chi connectivity index (χ0v) is 12.5. The van der Waals surface area contributed by atoms with Gasteiger partial charge in [0, 0.05) is 10.0 Å². The van der Waals surface area contributed by atoms with Gasteiger partial charge >= 0.3 is 0 Å². The van der Waals surface area contributed by atoms with Crippen molar-refractivity contribution in [1.29, 1.82) is 0 Å². The van der Waals surface area contributed by atoms with Gasteiger partial charge in [-0.05, 0) is 54.3 Å². The lowest BCUT2D eigenvalue weighted by molar-refractivity contribution is 0.548. The normalized spacial score (nSPS) is 12.4. The molecule has 0 aliphatic heterocycles. The number of hydrogen-bond donors (Lipinski definition) is 2. The molecule has 2 rings (SSSR count). The minimum Gasteiger partial charge on any atom is -0.271 e. The average Bonchev–Trinajstić information content (AvgIpc) is 2.43. The van der Waals surface area contributed by atoms with E-state index in [-0.39, 0.29) is 11.9 Å². The highest BCUT2D eigenvalue weighted by atomic mass is 35.5. The van der Waals surface area contributed by atoms with Gasteiger partial charge in [0.05, 0.1) is 6.04 Å². The molecule has 2 nitrogen and oxygen atoms in total. The van der Waals surface area contributed by atoms with Crippen molar-refractivity contribution in [2.45, 2.75) is 19.4 Å². The second kappa shape index (κ2) is 6.55. The van der Waals surface area contributed by atoms with E-state index in [1.165, 1.54) is 6.07 Å². The molecule has 0 bridgehead atoms. The number of benzene rings is 2. The Morgan fingerprint density at radius 3 is 2.60 bits per heavy atom. The third-order valence-corrected chi connectivity index (χ3v) is 3.82. The van der Waals surface area contributed by atoms with Crippen LogP contribution < -0.4 is 11.3 Å². The summed E-state index contributed by atoms with van der Waals surface area (Å²) in [5.41, 5.74) is 5.12. The molecule has 0 fully saturated rings. The number of aryl methyl sites for hydroxylation is 1. The third kappa shape index (κ3) is 3.49. The Balaban J connectivity index is 2.28. The quantitative estimate of drug-likeness (QED) is 0.656. The van der Waals surface area contributed by atoms with E-state index in [0.717, 1.165) is 11.1 Å². The van der Waals surface area contributed by atoms with Crippen LogP contribution in [0.1, 0.15) is 22.7 Å². The monoisotopic (exact) mass is 312 g/mol. The van der Waals surface area contributed by atoms with Gasteiger partial charge in [-0.2, -0.15) is 0 Å². The first-order chi connectivity index (χ1) is 9.51. The highest BCUT2D eigenvalue weighted by molar-refractivity contribution is 6.33. The van der Waals surface area contributed by atoms with Gasteiger partial charge in [0.25, 0.3) is 0 Å². The topological polar surface area (TPSA) is 38.0 Å². The van der Waals surface area contributed by atoms with Crippen LogP contribution in [0.5, 0.6) is 0 Å². The lowest BCUT2D eigenvalue weighted by atomic mass is 9.98. The van der Waals surface area contributed by atoms with Crippen LogP contribution in [0.15, 0.2) is 36.4 Å². The molecule has 5 heteroatoms. The zero-order chi connectivity index (χ0) is 14.7. The summed E-state index contributed by atoms with van der Waals surface area (Å²) in [6.45, 7) is 1.72. The summed E-state index contributed by atoms with van der Waals surface area (Å²) in [5.74, 6) is 5.38. The van der Waals surface area contributed by atoms with Crippen LogP contribution in [-0.4, -0.2) is 0 Å². The summed E-state index contributed by atoms with van der Waals surface area (Å²) in [5, 5.41) is 1.25. The molecule has 0 amide bonds. The molecule has 0 aliphatic rings. The summed E-state index contributed by atoms with van der Waals surface area (Å²) >= 11 is 12.1. The molecule has 1 atom stereocenters. The predicted octanol–water partition coefficient (Wildman–Crippen LogP) is 4.19. The largest absolute Gasteiger partial charge is 0.271 e. The zero-order valence-electron chi connectivity index (χ0n) is 11.0. The van der Waals surface area contributed by atoms with Gasteiger partial charge in [-0.1, -0.05) is 35.3 Å². The number of hydrazine groups is 1. The maximum Gasteiger partial charge on any atom is 0.126 e. The minimum atomic E-state index is -0.231. The van der Waals surface area contributed by atoms with Crippen molar-refractivity contribution in [2.75, 3.05) is 0 Å². The molecule has 0 saturated carbocycles. The van der Waals surface area contributed by atoms with Crippen LogP contribution in [0.2, 0.25) is 10.0 Å². The second-order valence-electron chi connectivity index (χ2n) is 4.67. The average molecular weight is 313 g/mol. The Hall–Kier alpha value is -1.13. The maximum atomic E-state index is 13.3. The molecule has 2 aromatic carbocycles. The fourth-order valence-electron chi connectivity index (χ4n) is 2.08. The van der Waals surface area contributed by atoms with Crippen LogP contribution in [-0.2, 0) is 6.42 Å². The summed E-state index contributed by atoms with van der Waals surface area (Å²) in [6, 6.07) is 10.1. The lowest BCUT2D eigenvalue weighted by Gasteiger charge is -2.18. The predicted molar refractivity (Wildman–Crippen MR) is 81.4 cm³/mol. The van der Waals surface area contributed by atoms with Gasteiger partial charge in [-0.15, -0.1) is 0 Å². The van der Waals surface area contributed by atoms with Gasteiger partial charge < -0.3 is 0 Å². The van der Waals surface area contributed by atoms with Crippen molar-refractivity contribution in [1.82, 2.24) is 5.43 Å². The first-order valence-electron chi connectivity index (χ1n) is 6.17. The first-order valence-corrected chi connectivity index (χ1v) is 6.93. The molecule has 0 radical (unpaired) electrons. The summed E-state index contributed by atoms with van der Waals surface area (Å²) in [6.07, 6.45) is 0.570. The Morgan fingerprint density at radius 2 is 1.95 bits per heavy atom. The van der Waals surface area contributed by atoms with Crippen LogP contribution in [0.25, 0.3) is 0 Å². The smallest absolute Gasteiger partial charge is 0.126 e. The van der Waals surface area contributed by atoms with Crippen molar-refractivity contribution < 1.29 is 4.39 Å². The fraction of sp³-hybridized carbons (Fsp3) is 0.200. The number of halogens is 3. The number of rotatable bonds is 4. The Bertz CT molecular complexity index is 617. The Morgan fingerprint density at radius 1 is 1.20 bits per heavy atom. The molecule has 3 N–H and O–H groups in total. The van der Waals surface area contributed by atoms with Crippen molar-refractivity contribution in [3.05, 3.63) is 69.0 Å². The lowest BCUT2D eigenvalue weighted by Crippen LogP contribution is -2.29. The van der Waals surface area contributed by atoms with Gasteiger partial charge in [0.1, 0.15) is 5.82 Å². The molecule has 0 saturated heterocycles. The first kappa shape index (κ1) is 15.3. The molecular formula is C15H15Cl2FN2. The van der Waals surface area contributed by atoms with Crippen molar-refractivity contribution in [3.8, 4) is 0 Å². The SMILES string of the molecule is Cc1cc(C(Cc2cc(Cl)ccc2Cl)NN)ccc1F. The number of hydrogen-bond acceptors (Lipinski definition) is 2.